The molecule has 0 fully saturated rings. The number of benzene rings is 3. The van der Waals surface area contributed by atoms with Crippen molar-refractivity contribution in [3.05, 3.63) is 78.9 Å². The van der Waals surface area contributed by atoms with E-state index < -0.39 is 0 Å². The zero-order valence-electron chi connectivity index (χ0n) is 14.4. The van der Waals surface area contributed by atoms with Gasteiger partial charge in [-0.15, -0.1) is 24.8 Å². The van der Waals surface area contributed by atoms with E-state index in [0.717, 1.165) is 6.54 Å². The Morgan fingerprint density at radius 1 is 0.654 bits per heavy atom. The number of hydrogen-bond acceptors (Lipinski definition) is 0. The van der Waals surface area contributed by atoms with Crippen LogP contribution in [0.1, 0.15) is 6.92 Å². The highest BCUT2D eigenvalue weighted by Gasteiger charge is 2.21. The summed E-state index contributed by atoms with van der Waals surface area (Å²) in [7, 11) is 0. The fraction of sp³-hybridized carbons (Fsp3) is 0.0952. The average molecular weight is 411 g/mol. The van der Waals surface area contributed by atoms with Gasteiger partial charge in [0.1, 0.15) is 6.54 Å². The van der Waals surface area contributed by atoms with Crippen molar-refractivity contribution < 1.29 is 22.5 Å². The van der Waals surface area contributed by atoms with Gasteiger partial charge in [-0.2, -0.15) is 4.57 Å². The number of hydrogen-bond donors (Lipinski definition) is 0. The van der Waals surface area contributed by atoms with E-state index in [9.17, 15) is 0 Å². The Hall–Kier alpha value is -1.84. The number of aryl methyl sites for hydroxylation is 1. The van der Waals surface area contributed by atoms with Crippen LogP contribution in [-0.4, -0.2) is 5.48 Å². The highest BCUT2D eigenvalue weighted by atomic mass is 35.5. The van der Waals surface area contributed by atoms with Crippen molar-refractivity contribution in [3.63, 3.8) is 0 Å². The lowest BCUT2D eigenvalue weighted by atomic mass is 9.99. The van der Waals surface area contributed by atoms with Gasteiger partial charge >= 0.3 is 0 Å². The van der Waals surface area contributed by atoms with Gasteiger partial charge in [-0.05, 0) is 31.2 Å². The fourth-order valence-corrected chi connectivity index (χ4v) is 3.36. The second-order valence-electron chi connectivity index (χ2n) is 5.52. The fourth-order valence-electron chi connectivity index (χ4n) is 3.36. The monoisotopic (exact) mass is 409 g/mol. The topological polar surface area (TPSA) is 35.4 Å². The molecular weight excluding hydrogens is 389 g/mol. The molecule has 1 aromatic heterocycles. The molecule has 1 heterocycles. The van der Waals surface area contributed by atoms with Gasteiger partial charge in [0.05, 0.1) is 10.8 Å². The van der Waals surface area contributed by atoms with Crippen molar-refractivity contribution in [1.29, 1.82) is 0 Å². The van der Waals surface area contributed by atoms with Gasteiger partial charge in [0, 0.05) is 17.0 Å². The Morgan fingerprint density at radius 3 is 1.77 bits per heavy atom. The Labute approximate surface area is 172 Å². The lowest BCUT2D eigenvalue weighted by Crippen LogP contribution is -3.00. The molecule has 0 bridgehead atoms. The second kappa shape index (κ2) is 10.3. The Kier molecular flexibility index (Phi) is 9.61. The molecule has 4 rings (SSSR count). The van der Waals surface area contributed by atoms with Crippen molar-refractivity contribution >= 4 is 46.5 Å². The first-order valence-electron chi connectivity index (χ1n) is 7.79. The number of rotatable bonds is 2. The van der Waals surface area contributed by atoms with Gasteiger partial charge in [0.25, 0.3) is 0 Å². The van der Waals surface area contributed by atoms with Gasteiger partial charge in [0.15, 0.2) is 0 Å². The lowest BCUT2D eigenvalue weighted by molar-refractivity contribution is -0.655. The third kappa shape index (κ3) is 3.94. The summed E-state index contributed by atoms with van der Waals surface area (Å²) >= 11 is 0. The largest absolute Gasteiger partial charge is 1.00 e. The normalized spacial score (nSPS) is 9.42. The molecule has 26 heavy (non-hydrogen) atoms. The minimum absolute atomic E-state index is 0. The van der Waals surface area contributed by atoms with Gasteiger partial charge in [-0.25, -0.2) is 0 Å². The molecule has 0 atom stereocenters. The van der Waals surface area contributed by atoms with Crippen molar-refractivity contribution in [2.45, 2.75) is 13.5 Å². The van der Waals surface area contributed by atoms with Crippen LogP contribution in [0.4, 0.5) is 0 Å². The number of fused-ring (bicyclic) bond motifs is 3. The van der Waals surface area contributed by atoms with Crippen LogP contribution in [0, 0.1) is 0 Å². The molecule has 0 saturated heterocycles. The van der Waals surface area contributed by atoms with Crippen molar-refractivity contribution in [1.82, 2.24) is 0 Å². The van der Waals surface area contributed by atoms with Crippen LogP contribution in [0.25, 0.3) is 32.9 Å². The minimum Gasteiger partial charge on any atom is -1.00 e. The van der Waals surface area contributed by atoms with E-state index in [1.165, 1.54) is 32.9 Å². The molecule has 0 radical (unpaired) electrons. The zero-order chi connectivity index (χ0) is 14.9. The molecule has 0 aliphatic carbocycles. The van der Waals surface area contributed by atoms with E-state index in [1.807, 2.05) is 0 Å². The number of para-hydroxylation sites is 1. The first-order chi connectivity index (χ1) is 10.9. The maximum atomic E-state index is 2.42. The van der Waals surface area contributed by atoms with Crippen molar-refractivity contribution in [2.24, 2.45) is 0 Å². The molecule has 2 N–H and O–H groups in total. The predicted molar refractivity (Wildman–Crippen MR) is 111 cm³/mol. The molecular formula is C21H22Cl3NO. The summed E-state index contributed by atoms with van der Waals surface area (Å²) in [6.07, 6.45) is 0. The molecule has 4 aromatic rings. The van der Waals surface area contributed by atoms with Gasteiger partial charge in [0.2, 0.25) is 11.2 Å². The maximum Gasteiger partial charge on any atom is 0.220 e. The van der Waals surface area contributed by atoms with Gasteiger partial charge in [-0.1, -0.05) is 48.5 Å². The molecule has 138 valence electrons. The summed E-state index contributed by atoms with van der Waals surface area (Å²) in [6, 6.07) is 28.1. The minimum atomic E-state index is 0. The van der Waals surface area contributed by atoms with Crippen LogP contribution >= 0.6 is 24.8 Å². The standard InChI is InChI=1S/C21H18N.3ClH.H2O/c1-2-22-20-15-9-8-13-18(20)17-12-6-7-14-19(17)21(22)16-10-4-3-5-11-16;;;;/h3-15H,2H2,1H3;3*1H;1H2/q+1;;;;/p-1. The smallest absolute Gasteiger partial charge is 0.220 e. The third-order valence-electron chi connectivity index (χ3n) is 4.30. The summed E-state index contributed by atoms with van der Waals surface area (Å²) in [4.78, 5) is 0. The van der Waals surface area contributed by atoms with Crippen LogP contribution in [0.3, 0.4) is 0 Å². The molecule has 2 nitrogen and oxygen atoms in total. The SMILES string of the molecule is CC[n+]1c(-c2ccccc2)c2ccccc2c2ccccc21.Cl.Cl.O.[Cl-]. The number of halogens is 3. The zero-order valence-corrected chi connectivity index (χ0v) is 16.7. The molecule has 3 aromatic carbocycles. The highest BCUT2D eigenvalue weighted by molar-refractivity contribution is 6.08. The number of nitrogens with zero attached hydrogens (tertiary/aromatic N) is 1. The maximum absolute atomic E-state index is 2.42. The first-order valence-corrected chi connectivity index (χ1v) is 7.79. The number of aromatic nitrogens is 1. The third-order valence-corrected chi connectivity index (χ3v) is 4.30. The number of pyridine rings is 1. The summed E-state index contributed by atoms with van der Waals surface area (Å²) in [6.45, 7) is 3.17. The molecule has 0 unspecified atom stereocenters. The summed E-state index contributed by atoms with van der Waals surface area (Å²) < 4.78 is 2.42. The summed E-state index contributed by atoms with van der Waals surface area (Å²) in [5.41, 5.74) is 3.87. The van der Waals surface area contributed by atoms with Crippen LogP contribution in [0.5, 0.6) is 0 Å². The molecule has 0 aliphatic rings. The summed E-state index contributed by atoms with van der Waals surface area (Å²) in [5.74, 6) is 0. The Morgan fingerprint density at radius 2 is 1.15 bits per heavy atom. The second-order valence-corrected chi connectivity index (χ2v) is 5.52. The van der Waals surface area contributed by atoms with Crippen LogP contribution in [-0.2, 0) is 6.54 Å². The van der Waals surface area contributed by atoms with Crippen LogP contribution < -0.4 is 17.0 Å². The van der Waals surface area contributed by atoms with E-state index in [4.69, 9.17) is 0 Å². The molecule has 5 heteroatoms. The quantitative estimate of drug-likeness (QED) is 0.358. The molecule has 0 amide bonds. The van der Waals surface area contributed by atoms with E-state index >= 15 is 0 Å². The van der Waals surface area contributed by atoms with Crippen LogP contribution in [0.2, 0.25) is 0 Å². The van der Waals surface area contributed by atoms with Crippen molar-refractivity contribution in [3.8, 4) is 11.3 Å². The Balaban J connectivity index is 0.00000156. The van der Waals surface area contributed by atoms with Gasteiger partial charge < -0.3 is 17.9 Å². The van der Waals surface area contributed by atoms with E-state index in [2.05, 4.69) is 90.4 Å². The highest BCUT2D eigenvalue weighted by Crippen LogP contribution is 2.30. The average Bonchev–Trinajstić information content (AvgIpc) is 2.61. The predicted octanol–water partition coefficient (Wildman–Crippen LogP) is 1.99. The van der Waals surface area contributed by atoms with Crippen LogP contribution in [0.15, 0.2) is 78.9 Å². The molecule has 0 spiro atoms. The van der Waals surface area contributed by atoms with E-state index in [-0.39, 0.29) is 42.7 Å². The van der Waals surface area contributed by atoms with Crippen molar-refractivity contribution in [2.75, 3.05) is 0 Å². The first kappa shape index (κ1) is 24.2. The van der Waals surface area contributed by atoms with E-state index in [1.54, 1.807) is 0 Å². The molecule has 0 aliphatic heterocycles. The van der Waals surface area contributed by atoms with E-state index in [0.29, 0.717) is 0 Å². The summed E-state index contributed by atoms with van der Waals surface area (Å²) in [5, 5.41) is 3.95. The Bertz CT molecular complexity index is 975. The molecule has 0 saturated carbocycles. The lowest BCUT2D eigenvalue weighted by Gasteiger charge is -2.10. The van der Waals surface area contributed by atoms with Gasteiger partial charge in [-0.3, -0.25) is 0 Å².